The van der Waals surface area contributed by atoms with Gasteiger partial charge in [-0.25, -0.2) is 14.3 Å². The van der Waals surface area contributed by atoms with Crippen molar-refractivity contribution in [2.75, 3.05) is 6.61 Å². The Balaban J connectivity index is 2.01. The number of ether oxygens (including phenoxy) is 1. The number of esters is 1. The van der Waals surface area contributed by atoms with Crippen LogP contribution in [0.2, 0.25) is 10.0 Å². The van der Waals surface area contributed by atoms with Crippen molar-refractivity contribution in [3.8, 4) is 22.4 Å². The van der Waals surface area contributed by atoms with Crippen LogP contribution in [-0.4, -0.2) is 27.2 Å². The summed E-state index contributed by atoms with van der Waals surface area (Å²) in [5.74, 6) is -0.491. The predicted molar refractivity (Wildman–Crippen MR) is 110 cm³/mol. The summed E-state index contributed by atoms with van der Waals surface area (Å²) in [4.78, 5) is 16.6. The predicted octanol–water partition coefficient (Wildman–Crippen LogP) is 5.55. The Labute approximate surface area is 171 Å². The van der Waals surface area contributed by atoms with E-state index in [-0.39, 0.29) is 12.3 Å². The van der Waals surface area contributed by atoms with E-state index in [2.05, 4.69) is 10.1 Å². The van der Waals surface area contributed by atoms with E-state index in [9.17, 15) is 4.79 Å². The molecule has 0 aliphatic carbocycles. The first kappa shape index (κ1) is 18.5. The monoisotopic (exact) mass is 411 g/mol. The molecule has 4 rings (SSSR count). The summed E-state index contributed by atoms with van der Waals surface area (Å²) in [6.07, 6.45) is 1.73. The number of carbonyl (C=O) groups is 1. The average Bonchev–Trinajstić information content (AvgIpc) is 3.13. The fourth-order valence-electron chi connectivity index (χ4n) is 3.00. The molecular weight excluding hydrogens is 397 g/mol. The number of nitrogens with zero attached hydrogens (tertiary/aromatic N) is 3. The fourth-order valence-corrected chi connectivity index (χ4v) is 3.36. The van der Waals surface area contributed by atoms with Gasteiger partial charge in [-0.05, 0) is 25.1 Å². The maximum atomic E-state index is 12.2. The molecule has 0 amide bonds. The summed E-state index contributed by atoms with van der Waals surface area (Å²) in [5.41, 5.74) is 3.95. The summed E-state index contributed by atoms with van der Waals surface area (Å²) in [6.45, 7) is 2.02. The molecule has 5 nitrogen and oxygen atoms in total. The van der Waals surface area contributed by atoms with Gasteiger partial charge in [0.1, 0.15) is 0 Å². The van der Waals surface area contributed by atoms with Crippen LogP contribution in [0.5, 0.6) is 0 Å². The Kier molecular flexibility index (Phi) is 5.03. The Morgan fingerprint density at radius 1 is 1.07 bits per heavy atom. The third-order valence-electron chi connectivity index (χ3n) is 4.25. The van der Waals surface area contributed by atoms with Gasteiger partial charge >= 0.3 is 5.97 Å². The number of benzene rings is 2. The van der Waals surface area contributed by atoms with Gasteiger partial charge in [0.05, 0.1) is 12.3 Å². The molecule has 2 heterocycles. The molecule has 0 spiro atoms. The highest BCUT2D eigenvalue weighted by atomic mass is 35.5. The molecule has 140 valence electrons. The molecule has 0 atom stereocenters. The SMILES string of the molecule is CCOC(=O)c1cc2ncc(-c3ccccc3Cl)c(-c3ccc(Cl)cc3)n2n1. The Hall–Kier alpha value is -2.89. The second-order valence-corrected chi connectivity index (χ2v) is 6.87. The van der Waals surface area contributed by atoms with E-state index < -0.39 is 5.97 Å². The first-order valence-electron chi connectivity index (χ1n) is 8.65. The van der Waals surface area contributed by atoms with Crippen LogP contribution in [0.15, 0.2) is 60.8 Å². The van der Waals surface area contributed by atoms with Gasteiger partial charge in [-0.2, -0.15) is 5.10 Å². The van der Waals surface area contributed by atoms with Crippen LogP contribution in [0, 0.1) is 0 Å². The zero-order chi connectivity index (χ0) is 19.7. The molecule has 0 bridgehead atoms. The lowest BCUT2D eigenvalue weighted by Crippen LogP contribution is -2.06. The third-order valence-corrected chi connectivity index (χ3v) is 4.83. The van der Waals surface area contributed by atoms with Gasteiger partial charge in [0.25, 0.3) is 0 Å². The quantitative estimate of drug-likeness (QED) is 0.413. The van der Waals surface area contributed by atoms with Crippen LogP contribution < -0.4 is 0 Å². The smallest absolute Gasteiger partial charge is 0.358 e. The van der Waals surface area contributed by atoms with Crippen molar-refractivity contribution in [1.82, 2.24) is 14.6 Å². The van der Waals surface area contributed by atoms with E-state index >= 15 is 0 Å². The van der Waals surface area contributed by atoms with Crippen molar-refractivity contribution in [2.24, 2.45) is 0 Å². The zero-order valence-electron chi connectivity index (χ0n) is 14.9. The Bertz CT molecular complexity index is 1170. The number of hydrogen-bond donors (Lipinski definition) is 0. The van der Waals surface area contributed by atoms with Crippen molar-refractivity contribution in [2.45, 2.75) is 6.92 Å². The van der Waals surface area contributed by atoms with Crippen LogP contribution >= 0.6 is 23.2 Å². The maximum Gasteiger partial charge on any atom is 0.358 e. The lowest BCUT2D eigenvalue weighted by Gasteiger charge is -2.13. The second kappa shape index (κ2) is 7.62. The average molecular weight is 412 g/mol. The number of aromatic nitrogens is 3. The molecule has 28 heavy (non-hydrogen) atoms. The molecule has 7 heteroatoms. The molecule has 0 saturated heterocycles. The molecule has 4 aromatic rings. The lowest BCUT2D eigenvalue weighted by atomic mass is 10.0. The third kappa shape index (κ3) is 3.35. The number of fused-ring (bicyclic) bond motifs is 1. The highest BCUT2D eigenvalue weighted by Gasteiger charge is 2.19. The summed E-state index contributed by atoms with van der Waals surface area (Å²) < 4.78 is 6.70. The molecule has 0 saturated carbocycles. The maximum absolute atomic E-state index is 12.2. The normalized spacial score (nSPS) is 11.0. The largest absolute Gasteiger partial charge is 0.461 e. The molecule has 0 radical (unpaired) electrons. The van der Waals surface area contributed by atoms with Gasteiger partial charge in [0.15, 0.2) is 11.3 Å². The molecule has 0 unspecified atom stereocenters. The number of rotatable bonds is 4. The van der Waals surface area contributed by atoms with E-state index in [1.807, 2.05) is 36.4 Å². The highest BCUT2D eigenvalue weighted by molar-refractivity contribution is 6.33. The van der Waals surface area contributed by atoms with E-state index in [0.29, 0.717) is 15.7 Å². The van der Waals surface area contributed by atoms with Crippen molar-refractivity contribution >= 4 is 34.8 Å². The first-order chi connectivity index (χ1) is 13.6. The Morgan fingerprint density at radius 2 is 1.82 bits per heavy atom. The molecule has 0 N–H and O–H groups in total. The van der Waals surface area contributed by atoms with E-state index in [0.717, 1.165) is 22.4 Å². The van der Waals surface area contributed by atoms with E-state index in [1.54, 1.807) is 35.8 Å². The minimum atomic E-state index is -0.491. The van der Waals surface area contributed by atoms with Gasteiger partial charge in [0.2, 0.25) is 0 Å². The summed E-state index contributed by atoms with van der Waals surface area (Å²) in [6, 6.07) is 16.5. The van der Waals surface area contributed by atoms with Crippen molar-refractivity contribution < 1.29 is 9.53 Å². The van der Waals surface area contributed by atoms with Crippen molar-refractivity contribution in [1.29, 1.82) is 0 Å². The van der Waals surface area contributed by atoms with Crippen LogP contribution in [0.1, 0.15) is 17.4 Å². The first-order valence-corrected chi connectivity index (χ1v) is 9.41. The Morgan fingerprint density at radius 3 is 2.54 bits per heavy atom. The molecule has 0 aliphatic rings. The number of halogens is 2. The lowest BCUT2D eigenvalue weighted by molar-refractivity contribution is 0.0519. The van der Waals surface area contributed by atoms with Crippen LogP contribution in [0.3, 0.4) is 0 Å². The van der Waals surface area contributed by atoms with Crippen LogP contribution in [0.25, 0.3) is 28.0 Å². The van der Waals surface area contributed by atoms with Crippen molar-refractivity contribution in [3.63, 3.8) is 0 Å². The number of carbonyl (C=O) groups excluding carboxylic acids is 1. The molecule has 0 aliphatic heterocycles. The van der Waals surface area contributed by atoms with Gasteiger partial charge < -0.3 is 4.74 Å². The zero-order valence-corrected chi connectivity index (χ0v) is 16.4. The van der Waals surface area contributed by atoms with Gasteiger partial charge in [-0.1, -0.05) is 53.5 Å². The topological polar surface area (TPSA) is 56.5 Å². The molecule has 0 fully saturated rings. The summed E-state index contributed by atoms with van der Waals surface area (Å²) in [7, 11) is 0. The van der Waals surface area contributed by atoms with E-state index in [4.69, 9.17) is 27.9 Å². The minimum absolute atomic E-state index is 0.195. The standard InChI is InChI=1S/C21H15Cl2N3O2/c1-2-28-21(27)18-11-19-24-12-16(15-5-3-4-6-17(15)23)20(26(19)25-18)13-7-9-14(22)10-8-13/h3-12H,2H2,1H3. The second-order valence-electron chi connectivity index (χ2n) is 6.03. The van der Waals surface area contributed by atoms with Gasteiger partial charge in [-0.3, -0.25) is 0 Å². The fraction of sp³-hybridized carbons (Fsp3) is 0.0952. The van der Waals surface area contributed by atoms with E-state index in [1.165, 1.54) is 0 Å². The molecular formula is C21H15Cl2N3O2. The summed E-state index contributed by atoms with van der Waals surface area (Å²) in [5, 5.41) is 5.67. The van der Waals surface area contributed by atoms with Crippen molar-refractivity contribution in [3.05, 3.63) is 76.5 Å². The summed E-state index contributed by atoms with van der Waals surface area (Å²) >= 11 is 12.5. The van der Waals surface area contributed by atoms with Gasteiger partial charge in [-0.15, -0.1) is 0 Å². The van der Waals surface area contributed by atoms with Gasteiger partial charge in [0, 0.05) is 39.0 Å². The number of hydrogen-bond acceptors (Lipinski definition) is 4. The highest BCUT2D eigenvalue weighted by Crippen LogP contribution is 2.36. The van der Waals surface area contributed by atoms with Crippen LogP contribution in [0.4, 0.5) is 0 Å². The minimum Gasteiger partial charge on any atom is -0.461 e. The molecule has 2 aromatic carbocycles. The van der Waals surface area contributed by atoms with Crippen LogP contribution in [-0.2, 0) is 4.74 Å². The molecule has 2 aromatic heterocycles.